The van der Waals surface area contributed by atoms with E-state index in [1.165, 1.54) is 12.4 Å². The highest BCUT2D eigenvalue weighted by Gasteiger charge is 2.10. The largest absolute Gasteiger partial charge is 0.324 e. The quantitative estimate of drug-likeness (QED) is 0.384. The number of carbonyl (C=O) groups is 2. The smallest absolute Gasteiger partial charge is 0.239 e. The van der Waals surface area contributed by atoms with E-state index < -0.39 is 0 Å². The molecule has 0 spiro atoms. The molecule has 2 amide bonds. The van der Waals surface area contributed by atoms with E-state index >= 15 is 0 Å². The number of nitrogens with one attached hydrogen (secondary N) is 3. The fourth-order valence-electron chi connectivity index (χ4n) is 2.11. The van der Waals surface area contributed by atoms with Gasteiger partial charge in [0.2, 0.25) is 23.5 Å². The fourth-order valence-corrected chi connectivity index (χ4v) is 2.23. The van der Waals surface area contributed by atoms with Crippen molar-refractivity contribution in [3.8, 4) is 23.0 Å². The normalized spacial score (nSPS) is 10.4. The van der Waals surface area contributed by atoms with E-state index in [9.17, 15) is 9.59 Å². The summed E-state index contributed by atoms with van der Waals surface area (Å²) < 4.78 is 0. The second kappa shape index (κ2) is 9.54. The molecule has 5 N–H and O–H groups in total. The molecule has 0 aliphatic rings. The highest BCUT2D eigenvalue weighted by Crippen LogP contribution is 2.16. The van der Waals surface area contributed by atoms with Crippen molar-refractivity contribution in [2.24, 2.45) is 5.73 Å². The van der Waals surface area contributed by atoms with Crippen LogP contribution in [0, 0.1) is 0 Å². The number of anilines is 2. The van der Waals surface area contributed by atoms with E-state index in [1.54, 1.807) is 24.3 Å². The maximum atomic E-state index is 11.5. The lowest BCUT2D eigenvalue weighted by Gasteiger charge is -2.05. The number of pyridine rings is 2. The lowest BCUT2D eigenvalue weighted by molar-refractivity contribution is -0.115. The van der Waals surface area contributed by atoms with Gasteiger partial charge in [0, 0.05) is 0 Å². The van der Waals surface area contributed by atoms with E-state index in [0.29, 0.717) is 22.8 Å². The summed E-state index contributed by atoms with van der Waals surface area (Å²) in [5.74, 6) is -0.208. The van der Waals surface area contributed by atoms with E-state index in [1.807, 2.05) is 0 Å². The Balaban J connectivity index is 1.68. The molecule has 12 nitrogen and oxygen atoms in total. The average Bonchev–Trinajstić information content (AvgIpc) is 2.75. The number of nitrogens with zero attached hydrogens (tertiary/aromatic N) is 6. The molecule has 3 rings (SSSR count). The van der Waals surface area contributed by atoms with Gasteiger partial charge in [-0.25, -0.2) is 4.84 Å². The van der Waals surface area contributed by atoms with Gasteiger partial charge >= 0.3 is 0 Å². The van der Waals surface area contributed by atoms with Crippen molar-refractivity contribution in [2.45, 2.75) is 0 Å². The van der Waals surface area contributed by atoms with E-state index in [0.717, 1.165) is 0 Å². The Hall–Kier alpha value is -3.61. The lowest BCUT2D eigenvalue weighted by Crippen LogP contribution is -2.22. The minimum atomic E-state index is -0.322. The van der Waals surface area contributed by atoms with Crippen molar-refractivity contribution in [1.29, 1.82) is 0 Å². The van der Waals surface area contributed by atoms with E-state index in [-0.39, 0.29) is 36.6 Å². The molecule has 0 radical (unpaired) electrons. The van der Waals surface area contributed by atoms with Gasteiger partial charge in [0.25, 0.3) is 0 Å². The van der Waals surface area contributed by atoms with Crippen molar-refractivity contribution in [1.82, 2.24) is 35.2 Å². The third-order valence-corrected chi connectivity index (χ3v) is 3.58. The monoisotopic (exact) mass is 414 g/mol. The zero-order chi connectivity index (χ0) is 20.6. The molecule has 3 heterocycles. The standard InChI is InChI=1S/C16H15ClN10O2/c17-21-8-14(29)23-10-2-4-12(20-7-10)16-26-24-15(25-27-16)11-3-1-9(6-19-11)22-13(28)5-18/h1-4,6-7,21H,5,8,18H2,(H,22,28)(H,23,29). The first-order valence-corrected chi connectivity index (χ1v) is 8.60. The van der Waals surface area contributed by atoms with Crippen LogP contribution in [0.1, 0.15) is 0 Å². The zero-order valence-electron chi connectivity index (χ0n) is 14.8. The van der Waals surface area contributed by atoms with Crippen LogP contribution in [0.2, 0.25) is 0 Å². The molecule has 0 aliphatic heterocycles. The van der Waals surface area contributed by atoms with Crippen LogP contribution in [-0.4, -0.2) is 55.3 Å². The van der Waals surface area contributed by atoms with Gasteiger partial charge in [-0.3, -0.25) is 19.6 Å². The van der Waals surface area contributed by atoms with Gasteiger partial charge in [-0.1, -0.05) is 0 Å². The minimum Gasteiger partial charge on any atom is -0.324 e. The fraction of sp³-hybridized carbons (Fsp3) is 0.125. The first kappa shape index (κ1) is 20.1. The number of hydrogen-bond donors (Lipinski definition) is 4. The number of amides is 2. The topological polar surface area (TPSA) is 174 Å². The van der Waals surface area contributed by atoms with Gasteiger partial charge in [0.1, 0.15) is 11.4 Å². The van der Waals surface area contributed by atoms with Crippen molar-refractivity contribution >= 4 is 35.0 Å². The summed E-state index contributed by atoms with van der Waals surface area (Å²) in [4.78, 5) is 33.3. The molecule has 0 bridgehead atoms. The summed E-state index contributed by atoms with van der Waals surface area (Å²) in [6.07, 6.45) is 2.91. The van der Waals surface area contributed by atoms with Crippen LogP contribution < -0.4 is 21.2 Å². The van der Waals surface area contributed by atoms with Gasteiger partial charge in [0.05, 0.1) is 36.9 Å². The molecule has 0 fully saturated rings. The first-order chi connectivity index (χ1) is 14.1. The maximum absolute atomic E-state index is 11.5. The van der Waals surface area contributed by atoms with Gasteiger partial charge in [0.15, 0.2) is 0 Å². The summed E-state index contributed by atoms with van der Waals surface area (Å²) >= 11 is 5.28. The third kappa shape index (κ3) is 5.44. The summed E-state index contributed by atoms with van der Waals surface area (Å²) in [6.45, 7) is -0.150. The summed E-state index contributed by atoms with van der Waals surface area (Å²) in [7, 11) is 0. The van der Waals surface area contributed by atoms with Crippen LogP contribution in [0.25, 0.3) is 23.0 Å². The second-order valence-electron chi connectivity index (χ2n) is 5.52. The molecule has 0 atom stereocenters. The maximum Gasteiger partial charge on any atom is 0.239 e. The molecule has 3 aromatic heterocycles. The Morgan fingerprint density at radius 1 is 0.828 bits per heavy atom. The minimum absolute atomic E-state index is 0.0316. The van der Waals surface area contributed by atoms with Gasteiger partial charge in [-0.05, 0) is 36.0 Å². The molecule has 13 heteroatoms. The molecule has 29 heavy (non-hydrogen) atoms. The van der Waals surface area contributed by atoms with Crippen LogP contribution in [0.15, 0.2) is 36.7 Å². The Morgan fingerprint density at radius 2 is 1.31 bits per heavy atom. The van der Waals surface area contributed by atoms with Gasteiger partial charge in [-0.2, -0.15) is 0 Å². The zero-order valence-corrected chi connectivity index (χ0v) is 15.6. The number of aromatic nitrogens is 6. The lowest BCUT2D eigenvalue weighted by atomic mass is 10.3. The van der Waals surface area contributed by atoms with Crippen LogP contribution >= 0.6 is 11.8 Å². The molecule has 3 aromatic rings. The van der Waals surface area contributed by atoms with Crippen molar-refractivity contribution in [3.05, 3.63) is 36.7 Å². The molecule has 0 saturated heterocycles. The van der Waals surface area contributed by atoms with Crippen molar-refractivity contribution in [2.75, 3.05) is 23.7 Å². The van der Waals surface area contributed by atoms with Crippen molar-refractivity contribution < 1.29 is 9.59 Å². The SMILES string of the molecule is NCC(=O)Nc1ccc(-c2nnc(-c3ccc(NC(=O)CNCl)cn3)nn2)nc1. The van der Waals surface area contributed by atoms with Crippen LogP contribution in [0.4, 0.5) is 11.4 Å². The Labute approximate surface area is 169 Å². The summed E-state index contributed by atoms with van der Waals surface area (Å²) in [6, 6.07) is 6.52. The number of hydrogen-bond acceptors (Lipinski definition) is 10. The molecule has 148 valence electrons. The number of rotatable bonds is 7. The highest BCUT2D eigenvalue weighted by atomic mass is 35.5. The van der Waals surface area contributed by atoms with Crippen LogP contribution in [0.3, 0.4) is 0 Å². The van der Waals surface area contributed by atoms with Gasteiger partial charge in [-0.15, -0.1) is 20.4 Å². The van der Waals surface area contributed by atoms with E-state index in [2.05, 4.69) is 45.8 Å². The molecule has 0 aromatic carbocycles. The third-order valence-electron chi connectivity index (χ3n) is 3.44. The Bertz CT molecular complexity index is 980. The van der Waals surface area contributed by atoms with Crippen LogP contribution in [-0.2, 0) is 9.59 Å². The Morgan fingerprint density at radius 3 is 1.69 bits per heavy atom. The highest BCUT2D eigenvalue weighted by molar-refractivity contribution is 6.15. The Kier molecular flexibility index (Phi) is 6.63. The average molecular weight is 415 g/mol. The predicted molar refractivity (Wildman–Crippen MR) is 104 cm³/mol. The summed E-state index contributed by atoms with van der Waals surface area (Å²) in [5, 5.41) is 21.2. The van der Waals surface area contributed by atoms with Gasteiger partial charge < -0.3 is 16.4 Å². The van der Waals surface area contributed by atoms with Crippen LogP contribution in [0.5, 0.6) is 0 Å². The first-order valence-electron chi connectivity index (χ1n) is 8.22. The molecule has 0 saturated carbocycles. The summed E-state index contributed by atoms with van der Waals surface area (Å²) in [5.41, 5.74) is 7.10. The predicted octanol–water partition coefficient (Wildman–Crippen LogP) is -0.0303. The van der Waals surface area contributed by atoms with E-state index in [4.69, 9.17) is 17.5 Å². The van der Waals surface area contributed by atoms with Crippen molar-refractivity contribution in [3.63, 3.8) is 0 Å². The molecular formula is C16H15ClN10O2. The second-order valence-corrected chi connectivity index (χ2v) is 5.79. The molecular weight excluding hydrogens is 400 g/mol. The number of carbonyl (C=O) groups excluding carboxylic acids is 2. The molecule has 0 unspecified atom stereocenters. The number of nitrogens with two attached hydrogens (primary N) is 1. The number of halogens is 1. The molecule has 0 aliphatic carbocycles.